The molecule has 0 unspecified atom stereocenters. The maximum atomic E-state index is 4.44. The molecule has 0 spiro atoms. The molecule has 15 heteroatoms. The molecule has 0 amide bonds. The van der Waals surface area contributed by atoms with Crippen LogP contribution in [-0.2, 0) is 60.3 Å². The van der Waals surface area contributed by atoms with Gasteiger partial charge in [0.15, 0.2) is 0 Å². The Kier molecular flexibility index (Phi) is 38.1. The number of hydrogen-bond donors (Lipinski definition) is 0. The van der Waals surface area contributed by atoms with Crippen LogP contribution in [0.15, 0.2) is 437 Å². The molecule has 24 aromatic rings. The average molecular weight is 2370 g/mol. The second-order valence-corrected chi connectivity index (χ2v) is 34.1. The number of thiophene rings is 3. The van der Waals surface area contributed by atoms with Gasteiger partial charge in [0.2, 0.25) is 0 Å². The van der Waals surface area contributed by atoms with E-state index in [0.29, 0.717) is 0 Å². The van der Waals surface area contributed by atoms with E-state index in [1.165, 1.54) is 60.5 Å². The standard InChI is InChI=1S/3C17H10NS.6C12H10N.3Ir/c1-2-10-16-12(6-1)13-7-5-8-14(17(13)19-16)15-9-3-4-11-18-15;1-2-7-16-13(5-1)14-11-12(8-9-17(14)19-16)15-6-3-4-10-18-15;1-2-7-16-13(5-1)14-9-8-12(11-17(14)19-16)15-6-3-4-10-18-15;6*1-10-6-5-9-12(13-10)11-7-3-2-4-8-11;;;/h3*1-7,9-11H;6*2-7,9H,1H3;;;/q9*-1;3*+3. The first-order chi connectivity index (χ1) is 66.4. The molecule has 138 heavy (non-hydrogen) atoms. The summed E-state index contributed by atoms with van der Waals surface area (Å²) < 4.78 is 7.80. The van der Waals surface area contributed by atoms with Gasteiger partial charge in [-0.25, -0.2) is 0 Å². The van der Waals surface area contributed by atoms with E-state index in [2.05, 4.69) is 203 Å². The summed E-state index contributed by atoms with van der Waals surface area (Å²) in [6, 6.07) is 168. The Morgan fingerprint density at radius 2 is 0.464 bits per heavy atom. The summed E-state index contributed by atoms with van der Waals surface area (Å²) in [5, 5.41) is 7.80. The maximum Gasteiger partial charge on any atom is 3.00 e. The molecule has 0 bridgehead atoms. The van der Waals surface area contributed by atoms with E-state index < -0.39 is 0 Å². The molecule has 9 nitrogen and oxygen atoms in total. The predicted octanol–water partition coefficient (Wildman–Crippen LogP) is 31.9. The van der Waals surface area contributed by atoms with Crippen LogP contribution in [0.25, 0.3) is 162 Å². The van der Waals surface area contributed by atoms with Crippen molar-refractivity contribution in [3.05, 3.63) is 526 Å². The minimum absolute atomic E-state index is 0. The van der Waals surface area contributed by atoms with Crippen molar-refractivity contribution in [2.75, 3.05) is 0 Å². The zero-order chi connectivity index (χ0) is 92.5. The number of hydrogen-bond acceptors (Lipinski definition) is 12. The van der Waals surface area contributed by atoms with Crippen LogP contribution in [0.1, 0.15) is 34.2 Å². The second kappa shape index (κ2) is 52.1. The SMILES string of the molecule is Cc1cccc(-c2[c-]cccc2)n1.Cc1cccc(-c2[c-]cccc2)n1.Cc1cccc(-c2[c-]cccc2)n1.Cc1cccc(-c2[c-]cccc2)n1.Cc1cccc(-c2[c-]cccc2)n1.Cc1cccc(-c2[c-]cccc2)n1.[Ir+3].[Ir+3].[Ir+3].[c-]1cc2c(cc1-c1ccccn1)sc1ccccc12.[c-]1cc2sc3ccccc3c2cc1-c1ccccn1.[c-]1ccc2c(sc3ccccc32)c1-c1ccccn1. The molecule has 0 saturated carbocycles. The molecule has 672 valence electrons. The molecule has 0 atom stereocenters. The number of pyridine rings is 9. The Hall–Kier alpha value is -14.4. The van der Waals surface area contributed by atoms with Gasteiger partial charge in [0.25, 0.3) is 0 Å². The molecule has 0 aliphatic rings. The maximum absolute atomic E-state index is 4.44. The normalized spacial score (nSPS) is 10.2. The molecule has 0 aliphatic carbocycles. The molecule has 12 heterocycles. The largest absolute Gasteiger partial charge is 3.00 e. The van der Waals surface area contributed by atoms with Crippen LogP contribution in [0, 0.1) is 96.1 Å². The average Bonchev–Trinajstić information content (AvgIpc) is 1.65. The van der Waals surface area contributed by atoms with Crippen LogP contribution in [0.4, 0.5) is 0 Å². The number of rotatable bonds is 9. The van der Waals surface area contributed by atoms with Crippen LogP contribution in [0.2, 0.25) is 0 Å². The first kappa shape index (κ1) is 101. The monoisotopic (exact) mass is 2370 g/mol. The van der Waals surface area contributed by atoms with E-state index in [0.717, 1.165) is 135 Å². The van der Waals surface area contributed by atoms with Crippen molar-refractivity contribution < 1.29 is 60.3 Å². The van der Waals surface area contributed by atoms with Gasteiger partial charge < -0.3 is 44.9 Å². The minimum atomic E-state index is 0. The molecule has 0 radical (unpaired) electrons. The van der Waals surface area contributed by atoms with Crippen LogP contribution >= 0.6 is 34.0 Å². The van der Waals surface area contributed by atoms with Crippen LogP contribution < -0.4 is 0 Å². The summed E-state index contributed by atoms with van der Waals surface area (Å²) in [6.07, 6.45) is 5.46. The van der Waals surface area contributed by atoms with Crippen molar-refractivity contribution in [3.8, 4) is 101 Å². The smallest absolute Gasteiger partial charge is 0.305 e. The Balaban J connectivity index is 0.000000131. The summed E-state index contributed by atoms with van der Waals surface area (Å²) >= 11 is 5.45. The molecule has 0 aliphatic heterocycles. The van der Waals surface area contributed by atoms with Crippen molar-refractivity contribution in [1.82, 2.24) is 44.9 Å². The second-order valence-electron chi connectivity index (χ2n) is 30.9. The Labute approximate surface area is 860 Å². The van der Waals surface area contributed by atoms with Gasteiger partial charge in [-0.1, -0.05) is 180 Å². The number of aromatic nitrogens is 9. The third kappa shape index (κ3) is 28.2. The van der Waals surface area contributed by atoms with Gasteiger partial charge in [-0.3, -0.25) is 0 Å². The zero-order valence-corrected chi connectivity index (χ0v) is 86.0. The number of fused-ring (bicyclic) bond motifs is 9. The Morgan fingerprint density at radius 1 is 0.181 bits per heavy atom. The van der Waals surface area contributed by atoms with Gasteiger partial charge in [0.1, 0.15) is 0 Å². The summed E-state index contributed by atoms with van der Waals surface area (Å²) in [4.78, 5) is 39.7. The van der Waals surface area contributed by atoms with Crippen LogP contribution in [0.5, 0.6) is 0 Å². The molecule has 0 N–H and O–H groups in total. The van der Waals surface area contributed by atoms with E-state index in [1.54, 1.807) is 0 Å². The fraction of sp³-hybridized carbons (Fsp3) is 0.0488. The van der Waals surface area contributed by atoms with Crippen molar-refractivity contribution in [2.24, 2.45) is 0 Å². The van der Waals surface area contributed by atoms with Crippen LogP contribution in [-0.4, -0.2) is 44.9 Å². The summed E-state index contributed by atoms with van der Waals surface area (Å²) in [5.41, 5.74) is 24.6. The molecule has 0 saturated heterocycles. The van der Waals surface area contributed by atoms with E-state index in [1.807, 2.05) is 410 Å². The summed E-state index contributed by atoms with van der Waals surface area (Å²) in [5.74, 6) is 0. The van der Waals surface area contributed by atoms with Gasteiger partial charge in [-0.2, -0.15) is 34.0 Å². The van der Waals surface area contributed by atoms with Gasteiger partial charge in [0, 0.05) is 66.9 Å². The molecule has 12 aromatic carbocycles. The van der Waals surface area contributed by atoms with Crippen molar-refractivity contribution in [2.45, 2.75) is 41.5 Å². The molecule has 24 rings (SSSR count). The van der Waals surface area contributed by atoms with Crippen molar-refractivity contribution in [3.63, 3.8) is 0 Å². The van der Waals surface area contributed by atoms with E-state index in [-0.39, 0.29) is 60.3 Å². The van der Waals surface area contributed by atoms with E-state index in [9.17, 15) is 0 Å². The van der Waals surface area contributed by atoms with Gasteiger partial charge in [0.05, 0.1) is 0 Å². The third-order valence-electron chi connectivity index (χ3n) is 21.0. The fourth-order valence-corrected chi connectivity index (χ4v) is 17.9. The number of aryl methyl sites for hydroxylation is 6. The Morgan fingerprint density at radius 3 is 0.790 bits per heavy atom. The summed E-state index contributed by atoms with van der Waals surface area (Å²) in [6.45, 7) is 12.0. The number of benzene rings is 12. The molecule has 12 aromatic heterocycles. The van der Waals surface area contributed by atoms with E-state index in [4.69, 9.17) is 0 Å². The van der Waals surface area contributed by atoms with Gasteiger partial charge in [-0.15, -0.1) is 287 Å². The fourth-order valence-electron chi connectivity index (χ4n) is 14.5. The topological polar surface area (TPSA) is 116 Å². The zero-order valence-electron chi connectivity index (χ0n) is 76.3. The first-order valence-electron chi connectivity index (χ1n) is 44.1. The van der Waals surface area contributed by atoms with Gasteiger partial charge in [-0.05, 0) is 196 Å². The van der Waals surface area contributed by atoms with Crippen molar-refractivity contribution >= 4 is 94.5 Å². The molecular weight excluding hydrogens is 2280 g/mol. The predicted molar refractivity (Wildman–Crippen MR) is 564 cm³/mol. The third-order valence-corrected chi connectivity index (χ3v) is 24.5. The Bertz CT molecular complexity index is 7220. The first-order valence-corrected chi connectivity index (χ1v) is 46.5. The summed E-state index contributed by atoms with van der Waals surface area (Å²) in [7, 11) is 0. The van der Waals surface area contributed by atoms with Crippen LogP contribution in [0.3, 0.4) is 0 Å². The number of nitrogens with zero attached hydrogens (tertiary/aromatic N) is 9. The quantitative estimate of drug-likeness (QED) is 0.130. The van der Waals surface area contributed by atoms with Gasteiger partial charge >= 0.3 is 60.3 Å². The minimum Gasteiger partial charge on any atom is -0.305 e. The van der Waals surface area contributed by atoms with Crippen molar-refractivity contribution in [1.29, 1.82) is 0 Å². The molecular formula is C123H90Ir3N9S3. The molecule has 0 fully saturated rings. The van der Waals surface area contributed by atoms with E-state index >= 15 is 0 Å².